The number of nitrogens with one attached hydrogen (secondary N) is 1. The minimum Gasteiger partial charge on any atom is -0.349 e. The summed E-state index contributed by atoms with van der Waals surface area (Å²) in [4.78, 5) is 11.0. The first-order valence-corrected chi connectivity index (χ1v) is 3.49. The van der Waals surface area contributed by atoms with Crippen LogP contribution >= 0.6 is 0 Å². The Hall–Kier alpha value is -1.30. The summed E-state index contributed by atoms with van der Waals surface area (Å²) >= 11 is 0. The van der Waals surface area contributed by atoms with Crippen LogP contribution in [0.2, 0.25) is 0 Å². The fourth-order valence-electron chi connectivity index (χ4n) is 0.586. The van der Waals surface area contributed by atoms with Crippen LogP contribution in [-0.2, 0) is 4.79 Å². The highest BCUT2D eigenvalue weighted by Crippen LogP contribution is 1.92. The lowest BCUT2D eigenvalue weighted by Gasteiger charge is -2.05. The number of carbonyl (C=O) groups excluding carboxylic acids is 1. The molecule has 0 bridgehead atoms. The molecule has 0 aromatic rings. The number of hydrogen-bond acceptors (Lipinski definition) is 2. The summed E-state index contributed by atoms with van der Waals surface area (Å²) < 4.78 is 0. The Morgan fingerprint density at radius 2 is 2.18 bits per heavy atom. The first-order valence-electron chi connectivity index (χ1n) is 3.49. The van der Waals surface area contributed by atoms with E-state index in [9.17, 15) is 4.79 Å². The third-order valence-corrected chi connectivity index (χ3v) is 1.07. The van der Waals surface area contributed by atoms with E-state index in [0.717, 1.165) is 0 Å². The second-order valence-corrected chi connectivity index (χ2v) is 2.44. The van der Waals surface area contributed by atoms with Gasteiger partial charge in [-0.15, -0.1) is 0 Å². The Bertz CT molecular complexity index is 211. The van der Waals surface area contributed by atoms with Gasteiger partial charge in [-0.1, -0.05) is 6.08 Å². The molecule has 0 saturated carbocycles. The minimum absolute atomic E-state index is 0.0748. The van der Waals surface area contributed by atoms with E-state index in [2.05, 4.69) is 5.32 Å². The molecular formula is C8H12N2O. The Morgan fingerprint density at radius 3 is 2.45 bits per heavy atom. The summed E-state index contributed by atoms with van der Waals surface area (Å²) in [5.74, 6) is -0.301. The van der Waals surface area contributed by atoms with Gasteiger partial charge in [0.25, 0.3) is 5.91 Å². The predicted molar refractivity (Wildman–Crippen MR) is 42.6 cm³/mol. The molecule has 3 nitrogen and oxygen atoms in total. The molecule has 11 heavy (non-hydrogen) atoms. The molecule has 0 rings (SSSR count). The molecule has 0 atom stereocenters. The van der Waals surface area contributed by atoms with Gasteiger partial charge < -0.3 is 5.32 Å². The van der Waals surface area contributed by atoms with Crippen LogP contribution in [0.5, 0.6) is 0 Å². The highest BCUT2D eigenvalue weighted by atomic mass is 16.1. The monoisotopic (exact) mass is 152 g/mol. The lowest BCUT2D eigenvalue weighted by molar-refractivity contribution is -0.117. The van der Waals surface area contributed by atoms with E-state index in [1.54, 1.807) is 13.0 Å². The van der Waals surface area contributed by atoms with Gasteiger partial charge in [0.2, 0.25) is 0 Å². The second kappa shape index (κ2) is 4.51. The molecule has 0 aromatic carbocycles. The van der Waals surface area contributed by atoms with Gasteiger partial charge in [0.1, 0.15) is 11.6 Å². The van der Waals surface area contributed by atoms with E-state index in [4.69, 9.17) is 5.26 Å². The van der Waals surface area contributed by atoms with Crippen molar-refractivity contribution in [1.82, 2.24) is 5.32 Å². The van der Waals surface area contributed by atoms with E-state index >= 15 is 0 Å². The summed E-state index contributed by atoms with van der Waals surface area (Å²) in [5, 5.41) is 11.0. The highest BCUT2D eigenvalue weighted by molar-refractivity contribution is 5.97. The van der Waals surface area contributed by atoms with Crippen molar-refractivity contribution >= 4 is 5.91 Å². The highest BCUT2D eigenvalue weighted by Gasteiger charge is 2.07. The molecule has 1 amide bonds. The topological polar surface area (TPSA) is 52.9 Å². The van der Waals surface area contributed by atoms with Crippen LogP contribution in [-0.4, -0.2) is 11.9 Å². The van der Waals surface area contributed by atoms with Crippen LogP contribution in [0.1, 0.15) is 20.8 Å². The number of nitriles is 1. The smallest absolute Gasteiger partial charge is 0.261 e. The lowest BCUT2D eigenvalue weighted by atomic mass is 10.2. The van der Waals surface area contributed by atoms with Crippen molar-refractivity contribution in [3.8, 4) is 6.07 Å². The Morgan fingerprint density at radius 1 is 1.64 bits per heavy atom. The summed E-state index contributed by atoms with van der Waals surface area (Å²) in [6.45, 7) is 5.36. The minimum atomic E-state index is -0.301. The third kappa shape index (κ3) is 3.41. The molecule has 0 aromatic heterocycles. The van der Waals surface area contributed by atoms with Crippen LogP contribution in [0.4, 0.5) is 0 Å². The van der Waals surface area contributed by atoms with E-state index in [-0.39, 0.29) is 17.5 Å². The van der Waals surface area contributed by atoms with Crippen LogP contribution in [0.25, 0.3) is 0 Å². The van der Waals surface area contributed by atoms with Crippen molar-refractivity contribution in [2.45, 2.75) is 26.8 Å². The van der Waals surface area contributed by atoms with Gasteiger partial charge in [0.15, 0.2) is 0 Å². The molecule has 0 unspecified atom stereocenters. The van der Waals surface area contributed by atoms with Crippen molar-refractivity contribution in [3.63, 3.8) is 0 Å². The van der Waals surface area contributed by atoms with Crippen molar-refractivity contribution in [2.75, 3.05) is 0 Å². The molecule has 0 radical (unpaired) electrons. The molecule has 0 heterocycles. The number of amides is 1. The quantitative estimate of drug-likeness (QED) is 0.473. The summed E-state index contributed by atoms with van der Waals surface area (Å²) in [6.07, 6.45) is 1.50. The molecule has 0 spiro atoms. The summed E-state index contributed by atoms with van der Waals surface area (Å²) in [5.41, 5.74) is 0.165. The molecule has 0 aliphatic carbocycles. The maximum Gasteiger partial charge on any atom is 0.261 e. The Balaban J connectivity index is 4.16. The van der Waals surface area contributed by atoms with Crippen LogP contribution in [0.15, 0.2) is 11.6 Å². The van der Waals surface area contributed by atoms with Crippen molar-refractivity contribution in [1.29, 1.82) is 5.26 Å². The van der Waals surface area contributed by atoms with Crippen LogP contribution < -0.4 is 5.32 Å². The zero-order valence-electron chi connectivity index (χ0n) is 7.01. The molecule has 1 N–H and O–H groups in total. The number of hydrogen-bond donors (Lipinski definition) is 1. The number of carbonyl (C=O) groups is 1. The molecular weight excluding hydrogens is 140 g/mol. The van der Waals surface area contributed by atoms with Gasteiger partial charge in [-0.25, -0.2) is 0 Å². The van der Waals surface area contributed by atoms with E-state index < -0.39 is 0 Å². The average molecular weight is 152 g/mol. The average Bonchev–Trinajstić information content (AvgIpc) is 1.88. The first kappa shape index (κ1) is 9.70. The summed E-state index contributed by atoms with van der Waals surface area (Å²) in [7, 11) is 0. The fourth-order valence-corrected chi connectivity index (χ4v) is 0.586. The van der Waals surface area contributed by atoms with Crippen molar-refractivity contribution in [2.24, 2.45) is 0 Å². The van der Waals surface area contributed by atoms with Crippen molar-refractivity contribution in [3.05, 3.63) is 11.6 Å². The third-order valence-electron chi connectivity index (χ3n) is 1.07. The van der Waals surface area contributed by atoms with Gasteiger partial charge in [0.05, 0.1) is 0 Å². The normalized spacial score (nSPS) is 11.0. The summed E-state index contributed by atoms with van der Waals surface area (Å²) in [6, 6.07) is 1.88. The van der Waals surface area contributed by atoms with Gasteiger partial charge in [-0.05, 0) is 20.8 Å². The number of nitrogens with zero attached hydrogens (tertiary/aromatic N) is 1. The number of rotatable bonds is 2. The zero-order valence-corrected chi connectivity index (χ0v) is 7.01. The van der Waals surface area contributed by atoms with Gasteiger partial charge in [-0.3, -0.25) is 4.79 Å². The van der Waals surface area contributed by atoms with Crippen molar-refractivity contribution < 1.29 is 4.79 Å². The predicted octanol–water partition coefficient (Wildman–Crippen LogP) is 0.981. The van der Waals surface area contributed by atoms with Gasteiger partial charge in [0, 0.05) is 6.04 Å². The molecule has 60 valence electrons. The second-order valence-electron chi connectivity index (χ2n) is 2.44. The van der Waals surface area contributed by atoms with E-state index in [1.807, 2.05) is 13.8 Å². The molecule has 0 aliphatic rings. The fraction of sp³-hybridized carbons (Fsp3) is 0.500. The Labute approximate surface area is 66.7 Å². The molecule has 0 aliphatic heterocycles. The number of allylic oxidation sites excluding steroid dienone is 1. The Kier molecular flexibility index (Phi) is 3.97. The van der Waals surface area contributed by atoms with Crippen LogP contribution in [0, 0.1) is 11.3 Å². The first-order chi connectivity index (χ1) is 5.11. The maximum atomic E-state index is 11.0. The molecule has 3 heteroatoms. The largest absolute Gasteiger partial charge is 0.349 e. The van der Waals surface area contributed by atoms with E-state index in [0.29, 0.717) is 0 Å². The van der Waals surface area contributed by atoms with E-state index in [1.165, 1.54) is 6.08 Å². The standard InChI is InChI=1S/C8H12N2O/c1-4-7(5-9)8(11)10-6(2)3/h4,6H,1-3H3,(H,10,11)/b7-4+. The van der Waals surface area contributed by atoms with Gasteiger partial charge >= 0.3 is 0 Å². The van der Waals surface area contributed by atoms with Gasteiger partial charge in [-0.2, -0.15) is 5.26 Å². The van der Waals surface area contributed by atoms with Crippen LogP contribution in [0.3, 0.4) is 0 Å². The maximum absolute atomic E-state index is 11.0. The molecule has 0 saturated heterocycles. The SMILES string of the molecule is C/C=C(\C#N)C(=O)NC(C)C. The lowest BCUT2D eigenvalue weighted by Crippen LogP contribution is -2.30. The zero-order chi connectivity index (χ0) is 8.85. The molecule has 0 fully saturated rings.